The van der Waals surface area contributed by atoms with Crippen LogP contribution in [0, 0.1) is 5.82 Å². The number of nitrogens with zero attached hydrogens (tertiary/aromatic N) is 1. The molecule has 0 aromatic heterocycles. The molecule has 1 saturated heterocycles. The summed E-state index contributed by atoms with van der Waals surface area (Å²) in [5, 5.41) is 3.46. The fourth-order valence-corrected chi connectivity index (χ4v) is 2.65. The first kappa shape index (κ1) is 13.5. The van der Waals surface area contributed by atoms with E-state index in [-0.39, 0.29) is 11.9 Å². The van der Waals surface area contributed by atoms with Gasteiger partial charge >= 0.3 is 0 Å². The van der Waals surface area contributed by atoms with Crippen molar-refractivity contribution in [3.05, 3.63) is 35.6 Å². The summed E-state index contributed by atoms with van der Waals surface area (Å²) in [5.74, 6) is -0.116. The lowest BCUT2D eigenvalue weighted by Crippen LogP contribution is -2.43. The Hall–Kier alpha value is -0.930. The standard InChI is InChI=1S/C15H23FN2/c1-12(14-8-3-4-9-15(14)16)17-11-13-7-5-6-10-18(13)2/h3-4,8-9,12-13,17H,5-7,10-11H2,1-2H3/t12-,13?/m1/s1. The normalized spacial score (nSPS) is 22.9. The van der Waals surface area contributed by atoms with Crippen LogP contribution in [-0.2, 0) is 0 Å². The first-order chi connectivity index (χ1) is 8.68. The van der Waals surface area contributed by atoms with Crippen molar-refractivity contribution >= 4 is 0 Å². The molecule has 0 amide bonds. The molecule has 1 aromatic carbocycles. The molecule has 0 aliphatic carbocycles. The highest BCUT2D eigenvalue weighted by molar-refractivity contribution is 5.20. The van der Waals surface area contributed by atoms with E-state index in [0.717, 1.165) is 12.1 Å². The van der Waals surface area contributed by atoms with Gasteiger partial charge in [-0.05, 0) is 39.4 Å². The third-order valence-corrected chi connectivity index (χ3v) is 3.95. The average molecular weight is 250 g/mol. The fraction of sp³-hybridized carbons (Fsp3) is 0.600. The molecule has 2 atom stereocenters. The largest absolute Gasteiger partial charge is 0.309 e. The Balaban J connectivity index is 1.88. The number of likely N-dealkylation sites (N-methyl/N-ethyl adjacent to an activating group) is 1. The zero-order chi connectivity index (χ0) is 13.0. The number of benzene rings is 1. The van der Waals surface area contributed by atoms with Crippen molar-refractivity contribution < 1.29 is 4.39 Å². The van der Waals surface area contributed by atoms with E-state index in [0.29, 0.717) is 6.04 Å². The molecule has 2 nitrogen and oxygen atoms in total. The average Bonchev–Trinajstić information content (AvgIpc) is 2.38. The molecule has 1 fully saturated rings. The lowest BCUT2D eigenvalue weighted by atomic mass is 10.0. The van der Waals surface area contributed by atoms with Crippen molar-refractivity contribution in [2.45, 2.75) is 38.3 Å². The Labute approximate surface area is 109 Å². The van der Waals surface area contributed by atoms with Gasteiger partial charge in [0.05, 0.1) is 0 Å². The zero-order valence-electron chi connectivity index (χ0n) is 11.3. The third-order valence-electron chi connectivity index (χ3n) is 3.95. The summed E-state index contributed by atoms with van der Waals surface area (Å²) in [5.41, 5.74) is 0.760. The van der Waals surface area contributed by atoms with Gasteiger partial charge in [-0.3, -0.25) is 0 Å². The number of likely N-dealkylation sites (tertiary alicyclic amines) is 1. The molecule has 0 radical (unpaired) electrons. The van der Waals surface area contributed by atoms with E-state index in [1.807, 2.05) is 19.1 Å². The van der Waals surface area contributed by atoms with E-state index in [9.17, 15) is 4.39 Å². The summed E-state index contributed by atoms with van der Waals surface area (Å²) in [6.45, 7) is 4.15. The Morgan fingerprint density at radius 3 is 2.89 bits per heavy atom. The minimum absolute atomic E-state index is 0.0709. The molecular weight excluding hydrogens is 227 g/mol. The van der Waals surface area contributed by atoms with Crippen molar-refractivity contribution in [1.82, 2.24) is 10.2 Å². The first-order valence-corrected chi connectivity index (χ1v) is 6.86. The van der Waals surface area contributed by atoms with Crippen LogP contribution in [0.4, 0.5) is 4.39 Å². The van der Waals surface area contributed by atoms with Gasteiger partial charge in [0, 0.05) is 24.2 Å². The SMILES string of the molecule is C[C@@H](NCC1CCCCN1C)c1ccccc1F. The second-order valence-corrected chi connectivity index (χ2v) is 5.28. The molecule has 2 rings (SSSR count). The van der Waals surface area contributed by atoms with Crippen LogP contribution in [0.1, 0.15) is 37.8 Å². The monoisotopic (exact) mass is 250 g/mol. The van der Waals surface area contributed by atoms with Gasteiger partial charge in [0.1, 0.15) is 5.82 Å². The zero-order valence-corrected chi connectivity index (χ0v) is 11.3. The van der Waals surface area contributed by atoms with Crippen LogP contribution in [0.5, 0.6) is 0 Å². The predicted octanol–water partition coefficient (Wildman–Crippen LogP) is 2.96. The number of hydrogen-bond acceptors (Lipinski definition) is 2. The molecule has 0 spiro atoms. The van der Waals surface area contributed by atoms with E-state index in [2.05, 4.69) is 17.3 Å². The first-order valence-electron chi connectivity index (χ1n) is 6.86. The number of hydrogen-bond donors (Lipinski definition) is 1. The summed E-state index contributed by atoms with van der Waals surface area (Å²) < 4.78 is 13.6. The molecule has 0 bridgehead atoms. The Morgan fingerprint density at radius 2 is 2.17 bits per heavy atom. The summed E-state index contributed by atoms with van der Waals surface area (Å²) in [6, 6.07) is 7.68. The van der Waals surface area contributed by atoms with Crippen molar-refractivity contribution in [2.24, 2.45) is 0 Å². The van der Waals surface area contributed by atoms with Gasteiger partial charge in [0.15, 0.2) is 0 Å². The van der Waals surface area contributed by atoms with Crippen LogP contribution in [-0.4, -0.2) is 31.1 Å². The number of nitrogens with one attached hydrogen (secondary N) is 1. The molecule has 18 heavy (non-hydrogen) atoms. The van der Waals surface area contributed by atoms with Gasteiger partial charge in [0.25, 0.3) is 0 Å². The molecule has 1 aliphatic heterocycles. The summed E-state index contributed by atoms with van der Waals surface area (Å²) >= 11 is 0. The number of rotatable bonds is 4. The highest BCUT2D eigenvalue weighted by Crippen LogP contribution is 2.18. The van der Waals surface area contributed by atoms with E-state index in [1.165, 1.54) is 31.9 Å². The van der Waals surface area contributed by atoms with Gasteiger partial charge in [-0.1, -0.05) is 24.6 Å². The summed E-state index contributed by atoms with van der Waals surface area (Å²) in [6.07, 6.45) is 3.86. The molecule has 3 heteroatoms. The third kappa shape index (κ3) is 3.30. The van der Waals surface area contributed by atoms with Crippen molar-refractivity contribution in [3.8, 4) is 0 Å². The maximum absolute atomic E-state index is 13.6. The summed E-state index contributed by atoms with van der Waals surface area (Å²) in [4.78, 5) is 2.41. The quantitative estimate of drug-likeness (QED) is 0.884. The smallest absolute Gasteiger partial charge is 0.127 e. The van der Waals surface area contributed by atoms with Gasteiger partial charge in [0.2, 0.25) is 0 Å². The van der Waals surface area contributed by atoms with E-state index < -0.39 is 0 Å². The predicted molar refractivity (Wildman–Crippen MR) is 73.1 cm³/mol. The minimum Gasteiger partial charge on any atom is -0.309 e. The van der Waals surface area contributed by atoms with E-state index in [1.54, 1.807) is 6.07 Å². The van der Waals surface area contributed by atoms with E-state index >= 15 is 0 Å². The Bertz CT molecular complexity index is 381. The lowest BCUT2D eigenvalue weighted by molar-refractivity contribution is 0.178. The molecule has 1 aromatic rings. The number of piperidine rings is 1. The molecule has 1 aliphatic rings. The van der Waals surface area contributed by atoms with Crippen LogP contribution in [0.15, 0.2) is 24.3 Å². The molecule has 1 unspecified atom stereocenters. The van der Waals surface area contributed by atoms with Crippen molar-refractivity contribution in [2.75, 3.05) is 20.1 Å². The van der Waals surface area contributed by atoms with Crippen LogP contribution in [0.2, 0.25) is 0 Å². The lowest BCUT2D eigenvalue weighted by Gasteiger charge is -2.33. The van der Waals surface area contributed by atoms with Gasteiger partial charge in [-0.2, -0.15) is 0 Å². The van der Waals surface area contributed by atoms with Crippen molar-refractivity contribution in [1.29, 1.82) is 0 Å². The van der Waals surface area contributed by atoms with Crippen LogP contribution < -0.4 is 5.32 Å². The molecule has 1 N–H and O–H groups in total. The summed E-state index contributed by atoms with van der Waals surface area (Å²) in [7, 11) is 2.18. The Morgan fingerprint density at radius 1 is 1.39 bits per heavy atom. The molecule has 100 valence electrons. The van der Waals surface area contributed by atoms with Gasteiger partial charge in [-0.15, -0.1) is 0 Å². The molecule has 1 heterocycles. The van der Waals surface area contributed by atoms with Crippen molar-refractivity contribution in [3.63, 3.8) is 0 Å². The second-order valence-electron chi connectivity index (χ2n) is 5.28. The highest BCUT2D eigenvalue weighted by Gasteiger charge is 2.19. The highest BCUT2D eigenvalue weighted by atomic mass is 19.1. The maximum atomic E-state index is 13.6. The maximum Gasteiger partial charge on any atom is 0.127 e. The minimum atomic E-state index is -0.116. The van der Waals surface area contributed by atoms with Gasteiger partial charge in [-0.25, -0.2) is 4.39 Å². The fourth-order valence-electron chi connectivity index (χ4n) is 2.65. The van der Waals surface area contributed by atoms with E-state index in [4.69, 9.17) is 0 Å². The van der Waals surface area contributed by atoms with Crippen LogP contribution in [0.3, 0.4) is 0 Å². The molecule has 0 saturated carbocycles. The molecular formula is C15H23FN2. The Kier molecular flexibility index (Phi) is 4.72. The second kappa shape index (κ2) is 6.30. The topological polar surface area (TPSA) is 15.3 Å². The number of halogens is 1. The van der Waals surface area contributed by atoms with Crippen LogP contribution in [0.25, 0.3) is 0 Å². The van der Waals surface area contributed by atoms with Crippen LogP contribution >= 0.6 is 0 Å². The van der Waals surface area contributed by atoms with Gasteiger partial charge < -0.3 is 10.2 Å².